The summed E-state index contributed by atoms with van der Waals surface area (Å²) in [6, 6.07) is 14.2. The number of hydrogen-bond acceptors (Lipinski definition) is 12. The second-order valence-corrected chi connectivity index (χ2v) is 15.7. The molecule has 0 aliphatic rings. The van der Waals surface area contributed by atoms with Gasteiger partial charge in [-0.05, 0) is 35.8 Å². The van der Waals surface area contributed by atoms with Crippen LogP contribution in [0, 0.1) is 11.8 Å². The van der Waals surface area contributed by atoms with E-state index < -0.39 is 60.0 Å². The number of nitrogen functional groups attached to an aromatic ring is 2. The quantitative estimate of drug-likeness (QED) is 0.0690. The molecule has 2 aromatic carbocycles. The van der Waals surface area contributed by atoms with Crippen LogP contribution in [-0.4, -0.2) is 80.2 Å². The number of benzene rings is 2. The van der Waals surface area contributed by atoms with Crippen LogP contribution in [0.25, 0.3) is 0 Å². The summed E-state index contributed by atoms with van der Waals surface area (Å²) in [5.74, 6) is -2.65. The molecule has 14 nitrogen and oxygen atoms in total. The summed E-state index contributed by atoms with van der Waals surface area (Å²) < 4.78 is 0. The lowest BCUT2D eigenvalue weighted by Gasteiger charge is -2.35. The number of rotatable bonds is 19. The van der Waals surface area contributed by atoms with Crippen LogP contribution in [0.4, 0.5) is 10.3 Å². The molecule has 0 saturated carbocycles. The number of aliphatic hydroxyl groups excluding tert-OH is 2. The van der Waals surface area contributed by atoms with Crippen LogP contribution in [0.3, 0.4) is 0 Å². The number of amides is 4. The van der Waals surface area contributed by atoms with Gasteiger partial charge in [0.1, 0.15) is 24.3 Å². The van der Waals surface area contributed by atoms with Crippen LogP contribution < -0.4 is 32.7 Å². The summed E-state index contributed by atoms with van der Waals surface area (Å²) in [6.45, 7) is 7.13. The number of aromatic nitrogens is 2. The molecule has 54 heavy (non-hydrogen) atoms. The number of carbonyl (C=O) groups excluding carboxylic acids is 4. The Balaban J connectivity index is 1.56. The molecule has 4 aromatic rings. The van der Waals surface area contributed by atoms with Crippen LogP contribution in [0.15, 0.2) is 71.4 Å². The van der Waals surface area contributed by atoms with Crippen molar-refractivity contribution < 1.29 is 29.4 Å². The largest absolute Gasteiger partial charge is 0.388 e. The van der Waals surface area contributed by atoms with Crippen molar-refractivity contribution in [2.45, 2.75) is 89.8 Å². The summed E-state index contributed by atoms with van der Waals surface area (Å²) in [7, 11) is 0. The van der Waals surface area contributed by atoms with Gasteiger partial charge in [0.05, 0.1) is 36.3 Å². The fraction of sp³-hybridized carbons (Fsp3) is 0.421. The maximum Gasteiger partial charge on any atom is 0.243 e. The molecular weight excluding hydrogens is 729 g/mol. The van der Waals surface area contributed by atoms with E-state index in [1.807, 2.05) is 60.7 Å². The van der Waals surface area contributed by atoms with Crippen molar-refractivity contribution in [1.82, 2.24) is 31.2 Å². The molecule has 0 fully saturated rings. The van der Waals surface area contributed by atoms with E-state index in [-0.39, 0.29) is 37.5 Å². The third-order valence-corrected chi connectivity index (χ3v) is 10.2. The summed E-state index contributed by atoms with van der Waals surface area (Å²) in [4.78, 5) is 61.9. The first-order chi connectivity index (χ1) is 25.7. The molecule has 6 atom stereocenters. The van der Waals surface area contributed by atoms with Gasteiger partial charge < -0.3 is 42.9 Å². The summed E-state index contributed by atoms with van der Waals surface area (Å²) in [5, 5.41) is 39.1. The number of hydrogen-bond donors (Lipinski definition) is 8. The Morgan fingerprint density at radius 1 is 0.611 bits per heavy atom. The van der Waals surface area contributed by atoms with E-state index in [4.69, 9.17) is 11.5 Å². The Morgan fingerprint density at radius 2 is 0.963 bits per heavy atom. The highest BCUT2D eigenvalue weighted by molar-refractivity contribution is 7.13. The highest BCUT2D eigenvalue weighted by Crippen LogP contribution is 2.18. The van der Waals surface area contributed by atoms with Gasteiger partial charge in [-0.3, -0.25) is 19.2 Å². The number of nitrogens with zero attached hydrogens (tertiary/aromatic N) is 2. The topological polar surface area (TPSA) is 235 Å². The predicted octanol–water partition coefficient (Wildman–Crippen LogP) is 2.01. The van der Waals surface area contributed by atoms with Gasteiger partial charge in [0.2, 0.25) is 23.6 Å². The minimum atomic E-state index is -1.59. The summed E-state index contributed by atoms with van der Waals surface area (Å²) in [6.07, 6.45) is -3.08. The molecular formula is C38H50N8O6S2. The van der Waals surface area contributed by atoms with E-state index in [0.29, 0.717) is 21.7 Å². The number of aliphatic hydroxyl groups is 2. The van der Waals surface area contributed by atoms with Crippen molar-refractivity contribution in [1.29, 1.82) is 0 Å². The second-order valence-electron chi connectivity index (χ2n) is 13.9. The van der Waals surface area contributed by atoms with Gasteiger partial charge in [0, 0.05) is 10.8 Å². The third-order valence-electron chi connectivity index (χ3n) is 8.78. The van der Waals surface area contributed by atoms with Gasteiger partial charge >= 0.3 is 0 Å². The number of nitrogens with one attached hydrogen (secondary N) is 4. The zero-order valence-corrected chi connectivity index (χ0v) is 32.4. The van der Waals surface area contributed by atoms with Crippen molar-refractivity contribution in [2.75, 3.05) is 11.5 Å². The minimum absolute atomic E-state index is 0.0722. The molecule has 0 radical (unpaired) electrons. The standard InChI is InChI=1S/C38H50N8O6S2/c1-21(2)31(45-29(47)17-25-19-53-37(39)41-25)35(51)43-27(15-23-11-7-5-8-12-23)33(49)34(50)28(16-24-13-9-6-10-14-24)44-36(52)32(22(3)4)46-30(48)18-26-20-54-38(40)42-26/h5-14,19-22,27-28,31-34,49-50H,15-18H2,1-4H3,(H2,39,41)(H2,40,42)(H,43,51)(H,44,52)(H,45,47)(H,46,48)/t27-,28-,31-,32-,33+,34+/m0/s1. The highest BCUT2D eigenvalue weighted by Gasteiger charge is 2.37. The molecule has 0 unspecified atom stereocenters. The van der Waals surface area contributed by atoms with E-state index in [9.17, 15) is 29.4 Å². The molecule has 16 heteroatoms. The fourth-order valence-corrected chi connectivity index (χ4v) is 7.05. The molecule has 0 aliphatic carbocycles. The van der Waals surface area contributed by atoms with Gasteiger partial charge in [-0.25, -0.2) is 9.97 Å². The minimum Gasteiger partial charge on any atom is -0.388 e. The number of carbonyl (C=O) groups is 4. The molecule has 0 aliphatic heterocycles. The van der Waals surface area contributed by atoms with E-state index in [1.54, 1.807) is 38.5 Å². The Kier molecular flexibility index (Phi) is 15.5. The lowest BCUT2D eigenvalue weighted by Crippen LogP contribution is -2.61. The van der Waals surface area contributed by atoms with E-state index in [2.05, 4.69) is 31.2 Å². The average Bonchev–Trinajstić information content (AvgIpc) is 3.74. The van der Waals surface area contributed by atoms with E-state index >= 15 is 0 Å². The second kappa shape index (κ2) is 20.0. The SMILES string of the molecule is CC(C)[C@H](NC(=O)Cc1csc(N)n1)C(=O)N[C@@H](Cc1ccccc1)[C@@H](O)[C@H](O)[C@H](Cc1ccccc1)NC(=O)[C@@H](NC(=O)Cc1csc(N)n1)C(C)C. The maximum absolute atomic E-state index is 13.9. The maximum atomic E-state index is 13.9. The molecule has 4 rings (SSSR count). The Labute approximate surface area is 323 Å². The van der Waals surface area contributed by atoms with Crippen molar-refractivity contribution in [3.05, 3.63) is 93.9 Å². The van der Waals surface area contributed by atoms with Crippen molar-refractivity contribution >= 4 is 56.6 Å². The van der Waals surface area contributed by atoms with Gasteiger partial charge in [-0.1, -0.05) is 88.4 Å². The molecule has 290 valence electrons. The van der Waals surface area contributed by atoms with E-state index in [1.165, 1.54) is 22.7 Å². The third kappa shape index (κ3) is 12.6. The van der Waals surface area contributed by atoms with Crippen LogP contribution >= 0.6 is 22.7 Å². The normalized spacial score (nSPS) is 14.7. The summed E-state index contributed by atoms with van der Waals surface area (Å²) >= 11 is 2.42. The zero-order chi connectivity index (χ0) is 39.4. The first-order valence-electron chi connectivity index (χ1n) is 17.7. The average molecular weight is 779 g/mol. The van der Waals surface area contributed by atoms with Gasteiger partial charge in [0.25, 0.3) is 0 Å². The van der Waals surface area contributed by atoms with Crippen molar-refractivity contribution in [2.24, 2.45) is 11.8 Å². The Hall–Kier alpha value is -4.90. The van der Waals surface area contributed by atoms with Crippen molar-refractivity contribution in [3.63, 3.8) is 0 Å². The molecule has 10 N–H and O–H groups in total. The molecule has 2 aromatic heterocycles. The fourth-order valence-electron chi connectivity index (χ4n) is 5.93. The van der Waals surface area contributed by atoms with Crippen LogP contribution in [0.2, 0.25) is 0 Å². The Morgan fingerprint density at radius 3 is 1.26 bits per heavy atom. The first-order valence-corrected chi connectivity index (χ1v) is 19.5. The lowest BCUT2D eigenvalue weighted by molar-refractivity contribution is -0.132. The molecule has 4 amide bonds. The summed E-state index contributed by atoms with van der Waals surface area (Å²) in [5.41, 5.74) is 13.9. The van der Waals surface area contributed by atoms with Crippen LogP contribution in [0.5, 0.6) is 0 Å². The van der Waals surface area contributed by atoms with Crippen molar-refractivity contribution in [3.8, 4) is 0 Å². The van der Waals surface area contributed by atoms with Gasteiger partial charge in [-0.15, -0.1) is 22.7 Å². The molecule has 0 spiro atoms. The van der Waals surface area contributed by atoms with Crippen LogP contribution in [0.1, 0.15) is 50.2 Å². The zero-order valence-electron chi connectivity index (χ0n) is 30.8. The van der Waals surface area contributed by atoms with Gasteiger partial charge in [0.15, 0.2) is 10.3 Å². The molecule has 0 saturated heterocycles. The number of thiazole rings is 2. The van der Waals surface area contributed by atoms with E-state index in [0.717, 1.165) is 11.1 Å². The molecule has 0 bridgehead atoms. The first kappa shape index (κ1) is 41.9. The number of anilines is 2. The smallest absolute Gasteiger partial charge is 0.243 e. The highest BCUT2D eigenvalue weighted by atomic mass is 32.1. The Bertz CT molecular complexity index is 1690. The predicted molar refractivity (Wildman–Crippen MR) is 210 cm³/mol. The van der Waals surface area contributed by atoms with Crippen LogP contribution in [-0.2, 0) is 44.9 Å². The number of nitrogens with two attached hydrogens (primary N) is 2. The van der Waals surface area contributed by atoms with Gasteiger partial charge in [-0.2, -0.15) is 0 Å². The molecule has 2 heterocycles. The lowest BCUT2D eigenvalue weighted by atomic mass is 9.90. The monoisotopic (exact) mass is 778 g/mol.